The van der Waals surface area contributed by atoms with Crippen LogP contribution in [0.1, 0.15) is 21.7 Å². The molecule has 1 heterocycles. The van der Waals surface area contributed by atoms with E-state index in [9.17, 15) is 14.0 Å². The summed E-state index contributed by atoms with van der Waals surface area (Å²) in [7, 11) is 0. The number of anilines is 1. The normalized spacial score (nSPS) is 10.4. The number of thiazole rings is 1. The van der Waals surface area contributed by atoms with E-state index in [1.165, 1.54) is 23.5 Å². The second kappa shape index (κ2) is 8.55. The fourth-order valence-electron chi connectivity index (χ4n) is 2.49. The number of hydrogen-bond acceptors (Lipinski definition) is 4. The molecule has 0 radical (unpaired) electrons. The van der Waals surface area contributed by atoms with Crippen LogP contribution < -0.4 is 10.6 Å². The first-order valence-electron chi connectivity index (χ1n) is 8.39. The van der Waals surface area contributed by atoms with Crippen molar-refractivity contribution in [3.05, 3.63) is 70.9 Å². The van der Waals surface area contributed by atoms with Crippen molar-refractivity contribution in [3.8, 4) is 11.3 Å². The largest absolute Gasteiger partial charge is 0.352 e. The Bertz CT molecular complexity index is 940. The van der Waals surface area contributed by atoms with Gasteiger partial charge in [-0.15, -0.1) is 11.3 Å². The molecule has 0 aliphatic carbocycles. The smallest absolute Gasteiger partial charge is 0.251 e. The number of carbonyl (C=O) groups is 2. The van der Waals surface area contributed by atoms with Crippen LogP contribution in [-0.4, -0.2) is 23.3 Å². The molecule has 0 saturated heterocycles. The highest BCUT2D eigenvalue weighted by molar-refractivity contribution is 7.16. The topological polar surface area (TPSA) is 71.1 Å². The van der Waals surface area contributed by atoms with Crippen molar-refractivity contribution in [1.29, 1.82) is 0 Å². The van der Waals surface area contributed by atoms with Crippen LogP contribution in [0, 0.1) is 12.7 Å². The number of benzene rings is 2. The van der Waals surface area contributed by atoms with E-state index in [0.717, 1.165) is 10.4 Å². The molecule has 3 aromatic rings. The van der Waals surface area contributed by atoms with Crippen LogP contribution in [0.25, 0.3) is 11.3 Å². The van der Waals surface area contributed by atoms with Gasteiger partial charge in [0.25, 0.3) is 5.91 Å². The van der Waals surface area contributed by atoms with Crippen LogP contribution in [-0.2, 0) is 4.79 Å². The highest BCUT2D eigenvalue weighted by Crippen LogP contribution is 2.30. The summed E-state index contributed by atoms with van der Waals surface area (Å²) in [6, 6.07) is 14.9. The summed E-state index contributed by atoms with van der Waals surface area (Å²) in [4.78, 5) is 29.4. The van der Waals surface area contributed by atoms with E-state index < -0.39 is 0 Å². The van der Waals surface area contributed by atoms with Gasteiger partial charge >= 0.3 is 0 Å². The minimum atomic E-state index is -0.308. The molecule has 2 amide bonds. The van der Waals surface area contributed by atoms with Crippen LogP contribution in [0.15, 0.2) is 54.6 Å². The van der Waals surface area contributed by atoms with Crippen LogP contribution >= 0.6 is 11.3 Å². The quantitative estimate of drug-likeness (QED) is 0.675. The number of hydrogen-bond donors (Lipinski definition) is 2. The Balaban J connectivity index is 1.53. The van der Waals surface area contributed by atoms with E-state index in [2.05, 4.69) is 15.6 Å². The van der Waals surface area contributed by atoms with Gasteiger partial charge in [0.1, 0.15) is 5.82 Å². The Morgan fingerprint density at radius 2 is 1.78 bits per heavy atom. The minimum absolute atomic E-state index is 0.142. The number of halogens is 1. The van der Waals surface area contributed by atoms with Gasteiger partial charge in [-0.3, -0.25) is 9.59 Å². The maximum absolute atomic E-state index is 13.1. The molecule has 3 rings (SSSR count). The molecule has 0 saturated carbocycles. The molecule has 0 aliphatic heterocycles. The molecule has 2 aromatic carbocycles. The maximum atomic E-state index is 13.1. The molecule has 0 aliphatic rings. The predicted molar refractivity (Wildman–Crippen MR) is 104 cm³/mol. The van der Waals surface area contributed by atoms with Crippen LogP contribution in [0.5, 0.6) is 0 Å². The number of nitrogens with one attached hydrogen (secondary N) is 2. The lowest BCUT2D eigenvalue weighted by atomic mass is 10.1. The predicted octanol–water partition coefficient (Wildman–Crippen LogP) is 4.02. The summed E-state index contributed by atoms with van der Waals surface area (Å²) in [6.07, 6.45) is 0.142. The summed E-state index contributed by atoms with van der Waals surface area (Å²) in [5.74, 6) is -0.757. The van der Waals surface area contributed by atoms with Crippen molar-refractivity contribution >= 4 is 28.3 Å². The Morgan fingerprint density at radius 3 is 2.48 bits per heavy atom. The molecular weight excluding hydrogens is 365 g/mol. The third-order valence-corrected chi connectivity index (χ3v) is 4.72. The van der Waals surface area contributed by atoms with Gasteiger partial charge in [-0.25, -0.2) is 9.37 Å². The Labute approximate surface area is 160 Å². The third-order valence-electron chi connectivity index (χ3n) is 3.83. The Kier molecular flexibility index (Phi) is 5.93. The van der Waals surface area contributed by atoms with E-state index in [0.29, 0.717) is 16.4 Å². The molecule has 0 atom stereocenters. The van der Waals surface area contributed by atoms with Gasteiger partial charge in [0.2, 0.25) is 5.91 Å². The SMILES string of the molecule is Cc1sc(NC(=O)CCNC(=O)c2ccccc2)nc1-c1ccc(F)cc1. The first-order valence-corrected chi connectivity index (χ1v) is 9.21. The van der Waals surface area contributed by atoms with Gasteiger partial charge in [-0.2, -0.15) is 0 Å². The van der Waals surface area contributed by atoms with Gasteiger partial charge in [-0.1, -0.05) is 18.2 Å². The highest BCUT2D eigenvalue weighted by Gasteiger charge is 2.12. The zero-order chi connectivity index (χ0) is 19.2. The summed E-state index contributed by atoms with van der Waals surface area (Å²) in [5.41, 5.74) is 2.06. The average Bonchev–Trinajstić information content (AvgIpc) is 3.03. The first-order chi connectivity index (χ1) is 13.0. The van der Waals surface area contributed by atoms with Crippen molar-refractivity contribution < 1.29 is 14.0 Å². The fraction of sp³-hybridized carbons (Fsp3) is 0.150. The number of rotatable bonds is 6. The number of carbonyl (C=O) groups excluding carboxylic acids is 2. The van der Waals surface area contributed by atoms with Crippen molar-refractivity contribution in [1.82, 2.24) is 10.3 Å². The highest BCUT2D eigenvalue weighted by atomic mass is 32.1. The van der Waals surface area contributed by atoms with Gasteiger partial charge < -0.3 is 10.6 Å². The van der Waals surface area contributed by atoms with Crippen LogP contribution in [0.2, 0.25) is 0 Å². The molecular formula is C20H18FN3O2S. The number of amides is 2. The monoisotopic (exact) mass is 383 g/mol. The zero-order valence-electron chi connectivity index (χ0n) is 14.7. The number of aromatic nitrogens is 1. The van der Waals surface area contributed by atoms with Gasteiger partial charge in [0, 0.05) is 29.0 Å². The summed E-state index contributed by atoms with van der Waals surface area (Å²) < 4.78 is 13.1. The molecule has 138 valence electrons. The van der Waals surface area contributed by atoms with Crippen molar-refractivity contribution in [3.63, 3.8) is 0 Å². The number of aryl methyl sites for hydroxylation is 1. The number of nitrogens with zero attached hydrogens (tertiary/aromatic N) is 1. The summed E-state index contributed by atoms with van der Waals surface area (Å²) in [6.45, 7) is 2.13. The van der Waals surface area contributed by atoms with E-state index in [4.69, 9.17) is 0 Å². The van der Waals surface area contributed by atoms with E-state index in [-0.39, 0.29) is 30.6 Å². The van der Waals surface area contributed by atoms with Crippen LogP contribution in [0.3, 0.4) is 0 Å². The van der Waals surface area contributed by atoms with Crippen molar-refractivity contribution in [2.75, 3.05) is 11.9 Å². The third kappa shape index (κ3) is 4.98. The summed E-state index contributed by atoms with van der Waals surface area (Å²) in [5, 5.41) is 5.93. The second-order valence-electron chi connectivity index (χ2n) is 5.85. The second-order valence-corrected chi connectivity index (χ2v) is 7.05. The lowest BCUT2D eigenvalue weighted by Gasteiger charge is -2.05. The molecule has 7 heteroatoms. The maximum Gasteiger partial charge on any atom is 0.251 e. The van der Waals surface area contributed by atoms with Crippen molar-refractivity contribution in [2.24, 2.45) is 0 Å². The molecule has 2 N–H and O–H groups in total. The van der Waals surface area contributed by atoms with Crippen LogP contribution in [0.4, 0.5) is 9.52 Å². The van der Waals surface area contributed by atoms with E-state index >= 15 is 0 Å². The molecule has 1 aromatic heterocycles. The molecule has 5 nitrogen and oxygen atoms in total. The summed E-state index contributed by atoms with van der Waals surface area (Å²) >= 11 is 1.35. The Hall–Kier alpha value is -3.06. The molecule has 0 spiro atoms. The van der Waals surface area contributed by atoms with Gasteiger partial charge in [0.05, 0.1) is 5.69 Å². The van der Waals surface area contributed by atoms with Crippen molar-refractivity contribution in [2.45, 2.75) is 13.3 Å². The fourth-order valence-corrected chi connectivity index (χ4v) is 3.34. The zero-order valence-corrected chi connectivity index (χ0v) is 15.5. The molecule has 0 fully saturated rings. The lowest BCUT2D eigenvalue weighted by molar-refractivity contribution is -0.116. The van der Waals surface area contributed by atoms with E-state index in [1.807, 2.05) is 13.0 Å². The minimum Gasteiger partial charge on any atom is -0.352 e. The lowest BCUT2D eigenvalue weighted by Crippen LogP contribution is -2.27. The molecule has 0 bridgehead atoms. The molecule has 27 heavy (non-hydrogen) atoms. The van der Waals surface area contributed by atoms with Gasteiger partial charge in [-0.05, 0) is 43.3 Å². The average molecular weight is 383 g/mol. The first kappa shape index (κ1) is 18.7. The van der Waals surface area contributed by atoms with E-state index in [1.54, 1.807) is 36.4 Å². The standard InChI is InChI=1S/C20H18FN3O2S/c1-13-18(14-7-9-16(21)10-8-14)24-20(27-13)23-17(25)11-12-22-19(26)15-5-3-2-4-6-15/h2-10H,11-12H2,1H3,(H,22,26)(H,23,24,25). The van der Waals surface area contributed by atoms with Gasteiger partial charge in [0.15, 0.2) is 5.13 Å². The Morgan fingerprint density at radius 1 is 1.07 bits per heavy atom. The molecule has 0 unspecified atom stereocenters.